The molecule has 1 saturated heterocycles. The van der Waals surface area contributed by atoms with E-state index < -0.39 is 0 Å². The van der Waals surface area contributed by atoms with Gasteiger partial charge in [0.2, 0.25) is 5.91 Å². The second kappa shape index (κ2) is 4.61. The van der Waals surface area contributed by atoms with E-state index in [-0.39, 0.29) is 5.91 Å². The summed E-state index contributed by atoms with van der Waals surface area (Å²) in [6.45, 7) is 7.76. The monoisotopic (exact) mass is 184 g/mol. The Morgan fingerprint density at radius 2 is 2.23 bits per heavy atom. The van der Waals surface area contributed by atoms with Crippen LogP contribution in [0.25, 0.3) is 0 Å². The van der Waals surface area contributed by atoms with Crippen LogP contribution in [0.2, 0.25) is 0 Å². The average Bonchev–Trinajstić information content (AvgIpc) is 2.03. The molecular weight excluding hydrogens is 164 g/mol. The van der Waals surface area contributed by atoms with Gasteiger partial charge in [0.05, 0.1) is 0 Å². The summed E-state index contributed by atoms with van der Waals surface area (Å²) in [6, 6.07) is 1.01. The lowest BCUT2D eigenvalue weighted by molar-refractivity contribution is -0.130. The minimum absolute atomic E-state index is 0.204. The number of hydrogen-bond donors (Lipinski definition) is 1. The lowest BCUT2D eigenvalue weighted by atomic mass is 10.1. The molecule has 1 aliphatic rings. The van der Waals surface area contributed by atoms with Crippen LogP contribution in [0, 0.1) is 0 Å². The Balaban J connectivity index is 2.37. The van der Waals surface area contributed by atoms with Gasteiger partial charge in [0, 0.05) is 32.1 Å². The van der Waals surface area contributed by atoms with Crippen molar-refractivity contribution >= 4 is 5.91 Å². The van der Waals surface area contributed by atoms with Gasteiger partial charge in [0.1, 0.15) is 0 Å². The van der Waals surface area contributed by atoms with Crippen molar-refractivity contribution in [2.24, 2.45) is 0 Å². The number of piperidine rings is 1. The molecule has 0 aromatic heterocycles. The predicted octanol–water partition coefficient (Wildman–Crippen LogP) is 0.995. The maximum absolute atomic E-state index is 11.1. The number of carbonyl (C=O) groups excluding carboxylic acids is 1. The highest BCUT2D eigenvalue weighted by molar-refractivity contribution is 5.73. The number of nitrogens with zero attached hydrogens (tertiary/aromatic N) is 1. The van der Waals surface area contributed by atoms with E-state index in [1.165, 1.54) is 6.42 Å². The van der Waals surface area contributed by atoms with Crippen LogP contribution in [0.5, 0.6) is 0 Å². The number of carbonyl (C=O) groups is 1. The Morgan fingerprint density at radius 1 is 1.54 bits per heavy atom. The van der Waals surface area contributed by atoms with Gasteiger partial charge in [-0.25, -0.2) is 0 Å². The molecule has 0 bridgehead atoms. The van der Waals surface area contributed by atoms with Crippen LogP contribution in [-0.2, 0) is 4.79 Å². The summed E-state index contributed by atoms with van der Waals surface area (Å²) in [6.07, 6.45) is 2.33. The van der Waals surface area contributed by atoms with Gasteiger partial charge in [0.15, 0.2) is 0 Å². The van der Waals surface area contributed by atoms with Crippen LogP contribution in [-0.4, -0.2) is 36.0 Å². The molecule has 0 aromatic rings. The minimum Gasteiger partial charge on any atom is -0.341 e. The van der Waals surface area contributed by atoms with E-state index >= 15 is 0 Å². The molecule has 3 nitrogen and oxygen atoms in total. The van der Waals surface area contributed by atoms with E-state index in [4.69, 9.17) is 0 Å². The molecule has 0 radical (unpaired) electrons. The molecule has 0 saturated carbocycles. The smallest absolute Gasteiger partial charge is 0.219 e. The Bertz CT molecular complexity index is 180. The second-order valence-electron chi connectivity index (χ2n) is 4.13. The van der Waals surface area contributed by atoms with Gasteiger partial charge < -0.3 is 10.2 Å². The van der Waals surface area contributed by atoms with Gasteiger partial charge in [0.25, 0.3) is 0 Å². The molecule has 0 aliphatic carbocycles. The molecule has 1 N–H and O–H groups in total. The van der Waals surface area contributed by atoms with E-state index in [1.807, 2.05) is 4.90 Å². The summed E-state index contributed by atoms with van der Waals surface area (Å²) in [7, 11) is 0. The van der Waals surface area contributed by atoms with Crippen LogP contribution in [0.3, 0.4) is 0 Å². The van der Waals surface area contributed by atoms with Crippen molar-refractivity contribution in [3.8, 4) is 0 Å². The first kappa shape index (κ1) is 10.5. The van der Waals surface area contributed by atoms with E-state index in [0.717, 1.165) is 19.5 Å². The third-order valence-electron chi connectivity index (χ3n) is 2.44. The molecule has 0 aromatic carbocycles. The van der Waals surface area contributed by atoms with Crippen molar-refractivity contribution < 1.29 is 4.79 Å². The summed E-state index contributed by atoms with van der Waals surface area (Å²) in [5, 5.41) is 3.47. The number of rotatable bonds is 2. The molecule has 0 spiro atoms. The summed E-state index contributed by atoms with van der Waals surface area (Å²) < 4.78 is 0. The summed E-state index contributed by atoms with van der Waals surface area (Å²) >= 11 is 0. The van der Waals surface area contributed by atoms with E-state index in [2.05, 4.69) is 19.2 Å². The zero-order chi connectivity index (χ0) is 9.84. The van der Waals surface area contributed by atoms with Gasteiger partial charge in [-0.15, -0.1) is 0 Å². The number of amides is 1. The molecule has 1 heterocycles. The van der Waals surface area contributed by atoms with E-state index in [0.29, 0.717) is 12.1 Å². The van der Waals surface area contributed by atoms with E-state index in [9.17, 15) is 4.79 Å². The van der Waals surface area contributed by atoms with Crippen molar-refractivity contribution in [3.05, 3.63) is 0 Å². The first-order valence-corrected chi connectivity index (χ1v) is 5.11. The topological polar surface area (TPSA) is 32.3 Å². The SMILES string of the molecule is CC(=O)N1CCC[C@@H](NC(C)C)C1. The van der Waals surface area contributed by atoms with Crippen molar-refractivity contribution in [2.45, 2.75) is 45.7 Å². The quantitative estimate of drug-likeness (QED) is 0.694. The van der Waals surface area contributed by atoms with Crippen LogP contribution < -0.4 is 5.32 Å². The molecule has 13 heavy (non-hydrogen) atoms. The largest absolute Gasteiger partial charge is 0.341 e. The van der Waals surface area contributed by atoms with Gasteiger partial charge in [-0.05, 0) is 12.8 Å². The standard InChI is InChI=1S/C10H20N2O/c1-8(2)11-10-5-4-6-12(7-10)9(3)13/h8,10-11H,4-7H2,1-3H3/t10-/m1/s1. The molecule has 1 rings (SSSR count). The van der Waals surface area contributed by atoms with Crippen LogP contribution >= 0.6 is 0 Å². The first-order valence-electron chi connectivity index (χ1n) is 5.11. The normalized spacial score (nSPS) is 23.7. The molecule has 1 atom stereocenters. The maximum Gasteiger partial charge on any atom is 0.219 e. The lowest BCUT2D eigenvalue weighted by Gasteiger charge is -2.33. The lowest BCUT2D eigenvalue weighted by Crippen LogP contribution is -2.49. The Kier molecular flexibility index (Phi) is 3.72. The van der Waals surface area contributed by atoms with Crippen molar-refractivity contribution in [3.63, 3.8) is 0 Å². The average molecular weight is 184 g/mol. The minimum atomic E-state index is 0.204. The van der Waals surface area contributed by atoms with Gasteiger partial charge >= 0.3 is 0 Å². The van der Waals surface area contributed by atoms with Gasteiger partial charge in [-0.3, -0.25) is 4.79 Å². The highest BCUT2D eigenvalue weighted by Gasteiger charge is 2.21. The fourth-order valence-corrected chi connectivity index (χ4v) is 1.87. The Labute approximate surface area is 80.5 Å². The van der Waals surface area contributed by atoms with Crippen molar-refractivity contribution in [1.29, 1.82) is 0 Å². The Morgan fingerprint density at radius 3 is 2.77 bits per heavy atom. The summed E-state index contributed by atoms with van der Waals surface area (Å²) in [4.78, 5) is 13.1. The molecule has 3 heteroatoms. The molecule has 76 valence electrons. The highest BCUT2D eigenvalue weighted by Crippen LogP contribution is 2.10. The highest BCUT2D eigenvalue weighted by atomic mass is 16.2. The number of likely N-dealkylation sites (tertiary alicyclic amines) is 1. The first-order chi connectivity index (χ1) is 6.09. The third kappa shape index (κ3) is 3.35. The third-order valence-corrected chi connectivity index (χ3v) is 2.44. The summed E-state index contributed by atoms with van der Waals surface area (Å²) in [5.41, 5.74) is 0. The fraction of sp³-hybridized carbons (Fsp3) is 0.900. The van der Waals surface area contributed by atoms with E-state index in [1.54, 1.807) is 6.92 Å². The molecule has 0 unspecified atom stereocenters. The zero-order valence-corrected chi connectivity index (χ0v) is 8.84. The maximum atomic E-state index is 11.1. The van der Waals surface area contributed by atoms with Crippen molar-refractivity contribution in [2.75, 3.05) is 13.1 Å². The Hall–Kier alpha value is -0.570. The van der Waals surface area contributed by atoms with Crippen LogP contribution in [0.15, 0.2) is 0 Å². The number of nitrogens with one attached hydrogen (secondary N) is 1. The number of hydrogen-bond acceptors (Lipinski definition) is 2. The van der Waals surface area contributed by atoms with Gasteiger partial charge in [-0.1, -0.05) is 13.8 Å². The molecule has 1 amide bonds. The molecular formula is C10H20N2O. The molecule has 1 aliphatic heterocycles. The van der Waals surface area contributed by atoms with Crippen LogP contribution in [0.4, 0.5) is 0 Å². The predicted molar refractivity (Wildman–Crippen MR) is 53.5 cm³/mol. The van der Waals surface area contributed by atoms with Gasteiger partial charge in [-0.2, -0.15) is 0 Å². The fourth-order valence-electron chi connectivity index (χ4n) is 1.87. The molecule has 1 fully saturated rings. The zero-order valence-electron chi connectivity index (χ0n) is 8.84. The second-order valence-corrected chi connectivity index (χ2v) is 4.13. The summed E-state index contributed by atoms with van der Waals surface area (Å²) in [5.74, 6) is 0.204. The van der Waals surface area contributed by atoms with Crippen LogP contribution in [0.1, 0.15) is 33.6 Å². The van der Waals surface area contributed by atoms with Crippen molar-refractivity contribution in [1.82, 2.24) is 10.2 Å².